The lowest BCUT2D eigenvalue weighted by Crippen LogP contribution is -2.37. The van der Waals surface area contributed by atoms with Crippen LogP contribution in [0, 0.1) is 18.6 Å². The Morgan fingerprint density at radius 2 is 1.86 bits per heavy atom. The molecule has 8 heteroatoms. The third-order valence-electron chi connectivity index (χ3n) is 4.95. The van der Waals surface area contributed by atoms with Crippen LogP contribution in [0.3, 0.4) is 0 Å². The van der Waals surface area contributed by atoms with Crippen molar-refractivity contribution in [2.24, 2.45) is 0 Å². The van der Waals surface area contributed by atoms with Gasteiger partial charge in [0.15, 0.2) is 0 Å². The van der Waals surface area contributed by atoms with E-state index in [0.717, 1.165) is 5.56 Å². The lowest BCUT2D eigenvalue weighted by Gasteiger charge is -2.26. The van der Waals surface area contributed by atoms with Crippen LogP contribution in [0.1, 0.15) is 24.1 Å². The Labute approximate surface area is 166 Å². The lowest BCUT2D eigenvalue weighted by atomic mass is 10.0. The zero-order valence-electron chi connectivity index (χ0n) is 16.2. The van der Waals surface area contributed by atoms with Gasteiger partial charge in [-0.3, -0.25) is 4.79 Å². The third kappa shape index (κ3) is 3.80. The molecule has 3 aromatic rings. The van der Waals surface area contributed by atoms with Gasteiger partial charge in [-0.05, 0) is 37.6 Å². The van der Waals surface area contributed by atoms with E-state index in [1.165, 1.54) is 18.2 Å². The van der Waals surface area contributed by atoms with Gasteiger partial charge >= 0.3 is 6.01 Å². The summed E-state index contributed by atoms with van der Waals surface area (Å²) in [5.41, 5.74) is 1.18. The van der Waals surface area contributed by atoms with E-state index in [4.69, 9.17) is 9.15 Å². The Bertz CT molecular complexity index is 1090. The summed E-state index contributed by atoms with van der Waals surface area (Å²) in [6.07, 6.45) is 0. The van der Waals surface area contributed by atoms with E-state index in [0.29, 0.717) is 42.8 Å². The van der Waals surface area contributed by atoms with E-state index in [1.54, 1.807) is 13.0 Å². The third-order valence-corrected chi connectivity index (χ3v) is 4.95. The molecule has 0 aliphatic carbocycles. The smallest absolute Gasteiger partial charge is 0.301 e. The van der Waals surface area contributed by atoms with Gasteiger partial charge in [-0.25, -0.2) is 8.78 Å². The fourth-order valence-electron chi connectivity index (χ4n) is 3.48. The highest BCUT2D eigenvalue weighted by atomic mass is 19.1. The fourth-order valence-corrected chi connectivity index (χ4v) is 3.48. The molecule has 2 aromatic carbocycles. The van der Waals surface area contributed by atoms with Crippen LogP contribution in [0.25, 0.3) is 11.0 Å². The monoisotopic (exact) mass is 401 g/mol. The summed E-state index contributed by atoms with van der Waals surface area (Å²) < 4.78 is 39.5. The van der Waals surface area contributed by atoms with Crippen LogP contribution in [0.2, 0.25) is 0 Å². The van der Waals surface area contributed by atoms with Crippen LogP contribution in [0.15, 0.2) is 39.5 Å². The van der Waals surface area contributed by atoms with Gasteiger partial charge in [-0.1, -0.05) is 12.1 Å². The van der Waals surface area contributed by atoms with Gasteiger partial charge < -0.3 is 19.4 Å². The molecule has 1 saturated heterocycles. The van der Waals surface area contributed by atoms with Gasteiger partial charge in [-0.2, -0.15) is 4.98 Å². The molecule has 1 aliphatic heterocycles. The maximum absolute atomic E-state index is 14.1. The summed E-state index contributed by atoms with van der Waals surface area (Å²) in [6.45, 7) is 5.78. The van der Waals surface area contributed by atoms with Gasteiger partial charge in [0.1, 0.15) is 22.9 Å². The second kappa shape index (κ2) is 7.79. The molecule has 1 fully saturated rings. The minimum absolute atomic E-state index is 0.222. The average Bonchev–Trinajstić information content (AvgIpc) is 2.71. The Balaban J connectivity index is 1.80. The van der Waals surface area contributed by atoms with E-state index >= 15 is 0 Å². The predicted octanol–water partition coefficient (Wildman–Crippen LogP) is 3.78. The summed E-state index contributed by atoms with van der Waals surface area (Å²) in [5, 5.41) is 3.20. The number of morpholine rings is 1. The quantitative estimate of drug-likeness (QED) is 0.718. The van der Waals surface area contributed by atoms with Crippen LogP contribution in [-0.4, -0.2) is 31.3 Å². The van der Waals surface area contributed by atoms with Gasteiger partial charge in [0.05, 0.1) is 24.6 Å². The first-order chi connectivity index (χ1) is 13.9. The van der Waals surface area contributed by atoms with Crippen LogP contribution in [-0.2, 0) is 4.74 Å². The molecule has 2 heterocycles. The number of anilines is 2. The molecule has 0 saturated carbocycles. The molecule has 1 aliphatic rings. The van der Waals surface area contributed by atoms with E-state index < -0.39 is 23.2 Å². The first kappa shape index (κ1) is 19.3. The summed E-state index contributed by atoms with van der Waals surface area (Å²) in [5.74, 6) is -1.38. The number of fused-ring (bicyclic) bond motifs is 1. The number of ether oxygens (including phenoxy) is 1. The number of rotatable bonds is 4. The first-order valence-electron chi connectivity index (χ1n) is 9.42. The molecule has 1 unspecified atom stereocenters. The van der Waals surface area contributed by atoms with Crippen molar-refractivity contribution < 1.29 is 17.9 Å². The summed E-state index contributed by atoms with van der Waals surface area (Å²) in [7, 11) is 0. The van der Waals surface area contributed by atoms with Crippen LogP contribution in [0.5, 0.6) is 0 Å². The van der Waals surface area contributed by atoms with E-state index in [9.17, 15) is 13.6 Å². The number of aromatic nitrogens is 1. The summed E-state index contributed by atoms with van der Waals surface area (Å²) >= 11 is 0. The number of halogens is 2. The normalized spacial score (nSPS) is 15.5. The molecule has 152 valence electrons. The highest BCUT2D eigenvalue weighted by Crippen LogP contribution is 2.30. The van der Waals surface area contributed by atoms with Crippen molar-refractivity contribution in [3.05, 3.63) is 63.4 Å². The molecule has 6 nitrogen and oxygen atoms in total. The second-order valence-electron chi connectivity index (χ2n) is 7.09. The molecule has 0 amide bonds. The van der Waals surface area contributed by atoms with E-state index in [1.807, 2.05) is 17.9 Å². The molecule has 0 radical (unpaired) electrons. The number of benzene rings is 2. The number of nitrogens with one attached hydrogen (secondary N) is 1. The minimum atomic E-state index is -0.689. The Morgan fingerprint density at radius 1 is 1.17 bits per heavy atom. The first-order valence-corrected chi connectivity index (χ1v) is 9.42. The highest BCUT2D eigenvalue weighted by Gasteiger charge is 2.21. The van der Waals surface area contributed by atoms with Crippen LogP contribution in [0.4, 0.5) is 20.5 Å². The number of nitrogens with zero attached hydrogens (tertiary/aromatic N) is 2. The van der Waals surface area contributed by atoms with Gasteiger partial charge in [-0.15, -0.1) is 0 Å². The van der Waals surface area contributed by atoms with Gasteiger partial charge in [0, 0.05) is 18.7 Å². The molecule has 1 aromatic heterocycles. The van der Waals surface area contributed by atoms with Gasteiger partial charge in [0.2, 0.25) is 0 Å². The minimum Gasteiger partial charge on any atom is -0.424 e. The zero-order chi connectivity index (χ0) is 20.5. The lowest BCUT2D eigenvalue weighted by molar-refractivity contribution is 0.120. The van der Waals surface area contributed by atoms with E-state index in [-0.39, 0.29) is 11.7 Å². The maximum Gasteiger partial charge on any atom is 0.301 e. The molecule has 0 bridgehead atoms. The number of hydrogen-bond donors (Lipinski definition) is 1. The van der Waals surface area contributed by atoms with Crippen molar-refractivity contribution in [3.8, 4) is 0 Å². The van der Waals surface area contributed by atoms with Crippen molar-refractivity contribution in [1.82, 2.24) is 4.98 Å². The largest absolute Gasteiger partial charge is 0.424 e. The second-order valence-corrected chi connectivity index (χ2v) is 7.09. The number of aryl methyl sites for hydroxylation is 1. The molecule has 1 atom stereocenters. The molecular weight excluding hydrogens is 380 g/mol. The zero-order valence-corrected chi connectivity index (χ0v) is 16.2. The van der Waals surface area contributed by atoms with Crippen molar-refractivity contribution in [2.45, 2.75) is 19.9 Å². The summed E-state index contributed by atoms with van der Waals surface area (Å²) in [6, 6.07) is 6.93. The highest BCUT2D eigenvalue weighted by molar-refractivity contribution is 5.81. The van der Waals surface area contributed by atoms with Crippen molar-refractivity contribution in [2.75, 3.05) is 36.5 Å². The molecule has 29 heavy (non-hydrogen) atoms. The average molecular weight is 401 g/mol. The Hall–Kier alpha value is -3.00. The van der Waals surface area contributed by atoms with Crippen molar-refractivity contribution >= 4 is 22.7 Å². The molecule has 4 rings (SSSR count). The maximum atomic E-state index is 14.1. The van der Waals surface area contributed by atoms with Crippen LogP contribution >= 0.6 is 0 Å². The number of hydrogen-bond acceptors (Lipinski definition) is 6. The Morgan fingerprint density at radius 3 is 2.55 bits per heavy atom. The van der Waals surface area contributed by atoms with Crippen molar-refractivity contribution in [1.29, 1.82) is 0 Å². The molecular formula is C21H21F2N3O3. The topological polar surface area (TPSA) is 67.6 Å². The molecule has 1 N–H and O–H groups in total. The van der Waals surface area contributed by atoms with Crippen LogP contribution < -0.4 is 15.8 Å². The predicted molar refractivity (Wildman–Crippen MR) is 106 cm³/mol. The standard InChI is InChI=1S/C21H21F2N3O3/c1-12-10-14(13(2)24-18-16(22)4-3-5-17(18)23)19-15(11-12)20(27)25-21(29-19)26-6-8-28-9-7-26/h3-5,10-11,13,24H,6-9H2,1-2H3. The SMILES string of the molecule is Cc1cc(C(C)Nc2c(F)cccc2F)c2oc(N3CCOCC3)nc(=O)c2c1. The molecule has 0 spiro atoms. The van der Waals surface area contributed by atoms with Crippen molar-refractivity contribution in [3.63, 3.8) is 0 Å². The van der Waals surface area contributed by atoms with Gasteiger partial charge in [0.25, 0.3) is 5.56 Å². The number of para-hydroxylation sites is 1. The Kier molecular flexibility index (Phi) is 5.19. The van der Waals surface area contributed by atoms with E-state index in [2.05, 4.69) is 10.3 Å². The summed E-state index contributed by atoms with van der Waals surface area (Å²) in [4.78, 5) is 18.6. The fraction of sp³-hybridized carbons (Fsp3) is 0.333.